The minimum Gasteiger partial charge on any atom is -1.00 e. The van der Waals surface area contributed by atoms with Crippen molar-refractivity contribution in [1.82, 2.24) is 8.75 Å². The Morgan fingerprint density at radius 3 is 2.24 bits per heavy atom. The zero-order chi connectivity index (χ0) is 28.5. The van der Waals surface area contributed by atoms with E-state index in [-0.39, 0.29) is 42.1 Å². The standard InChI is InChI=1S/C33H58N3O3S.HI/c1-4-6-8-10-11-12-13-14-18-24-30(39-33(37)28-21-16-15-17-22-28)36(3)25-20-23-29(27-36)31-32(35-40-34-31)38-26-19-9-7-5-2;/h23,28,30H,4-22,24-27H2,1-3H3;1H/q+1;/p-1. The van der Waals surface area contributed by atoms with Gasteiger partial charge in [0.1, 0.15) is 12.2 Å². The number of unbranched alkanes of at least 4 members (excludes halogenated alkanes) is 11. The van der Waals surface area contributed by atoms with Crippen LogP contribution in [0.15, 0.2) is 6.08 Å². The average molecular weight is 704 g/mol. The highest BCUT2D eigenvalue weighted by atomic mass is 127. The summed E-state index contributed by atoms with van der Waals surface area (Å²) in [4.78, 5) is 13.3. The molecule has 0 N–H and O–H groups in total. The molecule has 1 saturated carbocycles. The molecule has 0 spiro atoms. The number of esters is 1. The van der Waals surface area contributed by atoms with Crippen molar-refractivity contribution < 1.29 is 42.7 Å². The topological polar surface area (TPSA) is 61.3 Å². The van der Waals surface area contributed by atoms with Crippen LogP contribution in [0.3, 0.4) is 0 Å². The summed E-state index contributed by atoms with van der Waals surface area (Å²) >= 11 is 1.24. The van der Waals surface area contributed by atoms with E-state index in [4.69, 9.17) is 9.47 Å². The molecule has 6 nitrogen and oxygen atoms in total. The molecule has 8 heteroatoms. The van der Waals surface area contributed by atoms with Gasteiger partial charge in [0.05, 0.1) is 37.8 Å². The van der Waals surface area contributed by atoms with E-state index in [9.17, 15) is 4.79 Å². The Morgan fingerprint density at radius 2 is 1.56 bits per heavy atom. The number of quaternary nitrogens is 1. The maximum Gasteiger partial charge on any atom is 0.313 e. The van der Waals surface area contributed by atoms with Crippen LogP contribution in [0.4, 0.5) is 0 Å². The second kappa shape index (κ2) is 21.0. The largest absolute Gasteiger partial charge is 1.00 e. The van der Waals surface area contributed by atoms with Gasteiger partial charge in [-0.25, -0.2) is 0 Å². The Labute approximate surface area is 272 Å². The van der Waals surface area contributed by atoms with Crippen molar-refractivity contribution >= 4 is 23.3 Å². The van der Waals surface area contributed by atoms with Gasteiger partial charge in [-0.2, -0.15) is 4.37 Å². The summed E-state index contributed by atoms with van der Waals surface area (Å²) in [6.45, 7) is 6.98. The number of aromatic nitrogens is 2. The van der Waals surface area contributed by atoms with Crippen LogP contribution in [0.5, 0.6) is 5.88 Å². The predicted octanol–water partition coefficient (Wildman–Crippen LogP) is 6.11. The fourth-order valence-corrected chi connectivity index (χ4v) is 6.88. The molecule has 0 saturated heterocycles. The van der Waals surface area contributed by atoms with Crippen molar-refractivity contribution in [3.05, 3.63) is 11.8 Å². The summed E-state index contributed by atoms with van der Waals surface area (Å²) in [5.41, 5.74) is 2.09. The third-order valence-electron chi connectivity index (χ3n) is 9.00. The van der Waals surface area contributed by atoms with E-state index in [0.29, 0.717) is 12.5 Å². The van der Waals surface area contributed by atoms with Gasteiger partial charge in [0.15, 0.2) is 0 Å². The molecule has 0 amide bonds. The molecule has 2 unspecified atom stereocenters. The molecule has 0 aromatic carbocycles. The lowest BCUT2D eigenvalue weighted by molar-refractivity contribution is -0.947. The van der Waals surface area contributed by atoms with Crippen LogP contribution in [0.1, 0.15) is 148 Å². The molecule has 0 bridgehead atoms. The van der Waals surface area contributed by atoms with Gasteiger partial charge in [0.25, 0.3) is 5.88 Å². The smallest absolute Gasteiger partial charge is 0.313 e. The Hall–Kier alpha value is -0.740. The molecule has 41 heavy (non-hydrogen) atoms. The van der Waals surface area contributed by atoms with Crippen LogP contribution in [0.2, 0.25) is 0 Å². The van der Waals surface area contributed by atoms with Gasteiger partial charge < -0.3 is 33.5 Å². The minimum atomic E-state index is -0.104. The van der Waals surface area contributed by atoms with Crippen molar-refractivity contribution in [3.63, 3.8) is 0 Å². The number of likely N-dealkylation sites (N-methyl/N-ethyl adjacent to an activating group) is 1. The first-order chi connectivity index (χ1) is 19.6. The first-order valence-corrected chi connectivity index (χ1v) is 17.5. The van der Waals surface area contributed by atoms with Gasteiger partial charge >= 0.3 is 5.97 Å². The normalized spacial score (nSPS) is 20.2. The van der Waals surface area contributed by atoms with E-state index in [1.807, 2.05) is 0 Å². The van der Waals surface area contributed by atoms with Crippen molar-refractivity contribution in [1.29, 1.82) is 0 Å². The first kappa shape index (κ1) is 36.5. The number of hydrogen-bond acceptors (Lipinski definition) is 6. The molecule has 0 radical (unpaired) electrons. The third kappa shape index (κ3) is 12.8. The summed E-state index contributed by atoms with van der Waals surface area (Å²) in [5, 5.41) is 0. The van der Waals surface area contributed by atoms with E-state index >= 15 is 0 Å². The summed E-state index contributed by atoms with van der Waals surface area (Å²) in [6, 6.07) is 0. The fourth-order valence-electron chi connectivity index (χ4n) is 6.35. The molecule has 236 valence electrons. The van der Waals surface area contributed by atoms with Crippen LogP contribution in [-0.4, -0.2) is 52.2 Å². The van der Waals surface area contributed by atoms with Gasteiger partial charge in [-0.1, -0.05) is 110 Å². The highest BCUT2D eigenvalue weighted by Gasteiger charge is 2.40. The Kier molecular flexibility index (Phi) is 18.7. The van der Waals surface area contributed by atoms with Crippen LogP contribution in [-0.2, 0) is 9.53 Å². The quantitative estimate of drug-likeness (QED) is 0.0711. The fraction of sp³-hybridized carbons (Fsp3) is 0.848. The number of carbonyl (C=O) groups is 1. The SMILES string of the molecule is CCCCCCCCCCCC(OC(=O)C1CCCCC1)[N+]1(C)CCC=C(c2nsnc2OCCCCCC)C1.[I-]. The van der Waals surface area contributed by atoms with E-state index in [0.717, 1.165) is 74.6 Å². The van der Waals surface area contributed by atoms with Crippen molar-refractivity contribution in [2.45, 2.75) is 148 Å². The second-order valence-corrected chi connectivity index (χ2v) is 13.1. The molecule has 1 aliphatic heterocycles. The van der Waals surface area contributed by atoms with Crippen molar-refractivity contribution in [2.24, 2.45) is 5.92 Å². The van der Waals surface area contributed by atoms with Crippen molar-refractivity contribution in [3.8, 4) is 5.88 Å². The summed E-state index contributed by atoms with van der Waals surface area (Å²) in [6.07, 6.45) is 26.1. The van der Waals surface area contributed by atoms with E-state index < -0.39 is 0 Å². The van der Waals surface area contributed by atoms with Crippen LogP contribution in [0, 0.1) is 5.92 Å². The van der Waals surface area contributed by atoms with E-state index in [1.165, 1.54) is 94.4 Å². The lowest BCUT2D eigenvalue weighted by atomic mass is 9.89. The molecule has 2 atom stereocenters. The van der Waals surface area contributed by atoms with E-state index in [1.54, 1.807) is 0 Å². The number of hydrogen-bond donors (Lipinski definition) is 0. The number of rotatable bonds is 20. The molecule has 1 fully saturated rings. The zero-order valence-corrected chi connectivity index (χ0v) is 29.3. The molecule has 3 rings (SSSR count). The Morgan fingerprint density at radius 1 is 0.927 bits per heavy atom. The predicted molar refractivity (Wildman–Crippen MR) is 166 cm³/mol. The van der Waals surface area contributed by atoms with Gasteiger partial charge in [0, 0.05) is 18.4 Å². The Balaban J connectivity index is 0.00000588. The van der Waals surface area contributed by atoms with Crippen molar-refractivity contribution in [2.75, 3.05) is 26.7 Å². The number of halogens is 1. The number of carbonyl (C=O) groups excluding carboxylic acids is 1. The third-order valence-corrected chi connectivity index (χ3v) is 9.51. The maximum atomic E-state index is 13.3. The summed E-state index contributed by atoms with van der Waals surface area (Å²) in [7, 11) is 2.28. The molecule has 1 aromatic rings. The monoisotopic (exact) mass is 703 g/mol. The van der Waals surface area contributed by atoms with Gasteiger partial charge in [-0.15, -0.1) is 4.37 Å². The second-order valence-electron chi connectivity index (χ2n) is 12.5. The highest BCUT2D eigenvalue weighted by molar-refractivity contribution is 6.99. The van der Waals surface area contributed by atoms with Crippen LogP contribution < -0.4 is 28.7 Å². The van der Waals surface area contributed by atoms with Gasteiger partial charge in [0.2, 0.25) is 6.23 Å². The first-order valence-electron chi connectivity index (χ1n) is 16.8. The molecular weight excluding hydrogens is 645 g/mol. The molecule has 2 aliphatic rings. The average Bonchev–Trinajstić information content (AvgIpc) is 3.44. The molecule has 2 heterocycles. The van der Waals surface area contributed by atoms with Gasteiger partial charge in [-0.3, -0.25) is 9.28 Å². The zero-order valence-electron chi connectivity index (χ0n) is 26.3. The van der Waals surface area contributed by atoms with Crippen LogP contribution >= 0.6 is 11.7 Å². The van der Waals surface area contributed by atoms with Crippen LogP contribution in [0.25, 0.3) is 5.57 Å². The lowest BCUT2D eigenvalue weighted by Crippen LogP contribution is -3.00. The molecule has 1 aliphatic carbocycles. The lowest BCUT2D eigenvalue weighted by Gasteiger charge is -2.43. The molecular formula is C33H58IN3O3S. The number of nitrogens with zero attached hydrogens (tertiary/aromatic N) is 3. The maximum absolute atomic E-state index is 13.3. The summed E-state index contributed by atoms with van der Waals surface area (Å²) in [5.74, 6) is 0.805. The highest BCUT2D eigenvalue weighted by Crippen LogP contribution is 2.34. The van der Waals surface area contributed by atoms with Gasteiger partial charge in [-0.05, 0) is 25.7 Å². The minimum absolute atomic E-state index is 0. The van der Waals surface area contributed by atoms with E-state index in [2.05, 4.69) is 35.7 Å². The number of ether oxygens (including phenoxy) is 2. The molecule has 1 aromatic heterocycles. The Bertz CT molecular complexity index is 874. The summed E-state index contributed by atoms with van der Waals surface area (Å²) < 4.78 is 22.4.